The molecule has 2 rings (SSSR count). The van der Waals surface area contributed by atoms with Crippen molar-refractivity contribution in [3.05, 3.63) is 0 Å². The fourth-order valence-electron chi connectivity index (χ4n) is 3.46. The average Bonchev–Trinajstić information content (AvgIpc) is 2.95. The van der Waals surface area contributed by atoms with E-state index < -0.39 is 5.97 Å². The van der Waals surface area contributed by atoms with Crippen LogP contribution in [0.25, 0.3) is 0 Å². The van der Waals surface area contributed by atoms with Crippen molar-refractivity contribution in [1.29, 1.82) is 0 Å². The summed E-state index contributed by atoms with van der Waals surface area (Å²) < 4.78 is 0.189. The number of hydrogen-bond acceptors (Lipinski definition) is 3. The van der Waals surface area contributed by atoms with E-state index in [2.05, 4.69) is 16.9 Å². The van der Waals surface area contributed by atoms with Crippen LogP contribution in [0.15, 0.2) is 0 Å². The molecule has 0 aromatic carbocycles. The Morgan fingerprint density at radius 1 is 1.24 bits per heavy atom. The summed E-state index contributed by atoms with van der Waals surface area (Å²) in [5.41, 5.74) is 0. The molecule has 2 amide bonds. The van der Waals surface area contributed by atoms with Gasteiger partial charge in [-0.1, -0.05) is 19.3 Å². The molecule has 2 aliphatic rings. The van der Waals surface area contributed by atoms with E-state index in [-0.39, 0.29) is 22.7 Å². The molecule has 0 aromatic rings. The predicted molar refractivity (Wildman–Crippen MR) is 84.6 cm³/mol. The number of carbonyl (C=O) groups excluding carboxylic acids is 1. The number of nitrogens with one attached hydrogen (secondary N) is 2. The van der Waals surface area contributed by atoms with Gasteiger partial charge in [0.2, 0.25) is 0 Å². The van der Waals surface area contributed by atoms with E-state index in [1.54, 1.807) is 0 Å². The summed E-state index contributed by atoms with van der Waals surface area (Å²) in [6, 6.07) is -0.146. The van der Waals surface area contributed by atoms with Gasteiger partial charge in [-0.2, -0.15) is 11.8 Å². The summed E-state index contributed by atoms with van der Waals surface area (Å²) in [6.45, 7) is 0.703. The van der Waals surface area contributed by atoms with Gasteiger partial charge in [0.25, 0.3) is 0 Å². The molecule has 0 heterocycles. The third-order valence-corrected chi connectivity index (χ3v) is 6.30. The molecule has 0 unspecified atom stereocenters. The number of carboxylic acid groups (broad SMARTS) is 1. The second kappa shape index (κ2) is 7.38. The van der Waals surface area contributed by atoms with E-state index >= 15 is 0 Å². The van der Waals surface area contributed by atoms with Crippen molar-refractivity contribution in [3.63, 3.8) is 0 Å². The van der Waals surface area contributed by atoms with Gasteiger partial charge in [0, 0.05) is 17.3 Å². The Kier molecular flexibility index (Phi) is 5.79. The maximum absolute atomic E-state index is 12.0. The Labute approximate surface area is 130 Å². The van der Waals surface area contributed by atoms with Gasteiger partial charge in [0.1, 0.15) is 0 Å². The molecular formula is C15H26N2O3S. The van der Waals surface area contributed by atoms with Gasteiger partial charge in [-0.15, -0.1) is 0 Å². The lowest BCUT2D eigenvalue weighted by atomic mass is 9.88. The second-order valence-corrected chi connectivity index (χ2v) is 7.59. The lowest BCUT2D eigenvalue weighted by Gasteiger charge is -2.36. The minimum atomic E-state index is -0.747. The maximum Gasteiger partial charge on any atom is 0.315 e. The Morgan fingerprint density at radius 3 is 2.52 bits per heavy atom. The Morgan fingerprint density at radius 2 is 1.95 bits per heavy atom. The fraction of sp³-hybridized carbons (Fsp3) is 0.867. The van der Waals surface area contributed by atoms with E-state index in [9.17, 15) is 9.59 Å². The van der Waals surface area contributed by atoms with Crippen LogP contribution < -0.4 is 10.6 Å². The van der Waals surface area contributed by atoms with Crippen LogP contribution in [0.2, 0.25) is 0 Å². The zero-order chi connectivity index (χ0) is 15.3. The SMILES string of the molecule is CSC1(CNC(=O)N[C@H]2CC[C@@H](C(=O)O)C2)CCCCC1. The Bertz CT molecular complexity index is 383. The molecule has 2 fully saturated rings. The van der Waals surface area contributed by atoms with Crippen molar-refractivity contribution >= 4 is 23.8 Å². The number of carboxylic acids is 1. The van der Waals surface area contributed by atoms with Crippen molar-refractivity contribution in [1.82, 2.24) is 10.6 Å². The summed E-state index contributed by atoms with van der Waals surface area (Å²) in [5, 5.41) is 14.9. The lowest BCUT2D eigenvalue weighted by molar-refractivity contribution is -0.141. The molecular weight excluding hydrogens is 288 g/mol. The lowest BCUT2D eigenvalue weighted by Crippen LogP contribution is -2.47. The summed E-state index contributed by atoms with van der Waals surface area (Å²) in [5.74, 6) is -1.05. The van der Waals surface area contributed by atoms with Gasteiger partial charge >= 0.3 is 12.0 Å². The van der Waals surface area contributed by atoms with Gasteiger partial charge < -0.3 is 15.7 Å². The molecule has 5 nitrogen and oxygen atoms in total. The highest BCUT2D eigenvalue weighted by molar-refractivity contribution is 8.00. The summed E-state index contributed by atoms with van der Waals surface area (Å²) in [4.78, 5) is 22.9. The molecule has 2 saturated carbocycles. The first kappa shape index (κ1) is 16.5. The molecule has 0 spiro atoms. The van der Waals surface area contributed by atoms with Crippen LogP contribution >= 0.6 is 11.8 Å². The molecule has 6 heteroatoms. The van der Waals surface area contributed by atoms with E-state index in [1.807, 2.05) is 11.8 Å². The summed E-state index contributed by atoms with van der Waals surface area (Å²) in [6.07, 6.45) is 10.2. The second-order valence-electron chi connectivity index (χ2n) is 6.32. The number of aliphatic carboxylic acids is 1. The summed E-state index contributed by atoms with van der Waals surface area (Å²) >= 11 is 1.86. The number of hydrogen-bond donors (Lipinski definition) is 3. The molecule has 3 N–H and O–H groups in total. The van der Waals surface area contributed by atoms with Crippen LogP contribution in [0.3, 0.4) is 0 Å². The minimum absolute atomic E-state index is 0.00249. The smallest absolute Gasteiger partial charge is 0.315 e. The van der Waals surface area contributed by atoms with Crippen LogP contribution in [0.5, 0.6) is 0 Å². The molecule has 0 radical (unpaired) electrons. The highest BCUT2D eigenvalue weighted by atomic mass is 32.2. The molecule has 0 bridgehead atoms. The number of carbonyl (C=O) groups is 2. The number of urea groups is 1. The van der Waals surface area contributed by atoms with Crippen molar-refractivity contribution in [3.8, 4) is 0 Å². The van der Waals surface area contributed by atoms with Crippen molar-refractivity contribution in [2.24, 2.45) is 5.92 Å². The Balaban J connectivity index is 1.73. The average molecular weight is 314 g/mol. The van der Waals surface area contributed by atoms with Gasteiger partial charge in [0.15, 0.2) is 0 Å². The molecule has 120 valence electrons. The van der Waals surface area contributed by atoms with Crippen LogP contribution in [0.4, 0.5) is 4.79 Å². The quantitative estimate of drug-likeness (QED) is 0.729. The Hall–Kier alpha value is -0.910. The van der Waals surface area contributed by atoms with Gasteiger partial charge in [-0.05, 0) is 38.4 Å². The molecule has 0 aromatic heterocycles. The van der Waals surface area contributed by atoms with E-state index in [1.165, 1.54) is 32.1 Å². The highest BCUT2D eigenvalue weighted by Crippen LogP contribution is 2.37. The van der Waals surface area contributed by atoms with E-state index in [0.29, 0.717) is 19.4 Å². The number of amides is 2. The van der Waals surface area contributed by atoms with Gasteiger partial charge in [-0.25, -0.2) is 4.79 Å². The number of thioether (sulfide) groups is 1. The van der Waals surface area contributed by atoms with Crippen LogP contribution in [0, 0.1) is 5.92 Å². The third-order valence-electron chi connectivity index (χ3n) is 4.89. The van der Waals surface area contributed by atoms with E-state index in [4.69, 9.17) is 5.11 Å². The first-order valence-corrected chi connectivity index (χ1v) is 9.09. The van der Waals surface area contributed by atoms with Gasteiger partial charge in [-0.3, -0.25) is 4.79 Å². The van der Waals surface area contributed by atoms with Crippen molar-refractivity contribution in [2.45, 2.75) is 62.2 Å². The predicted octanol–water partition coefficient (Wildman–Crippen LogP) is 2.60. The zero-order valence-electron chi connectivity index (χ0n) is 12.7. The molecule has 21 heavy (non-hydrogen) atoms. The van der Waals surface area contributed by atoms with E-state index in [0.717, 1.165) is 6.42 Å². The molecule has 0 saturated heterocycles. The van der Waals surface area contributed by atoms with Crippen molar-refractivity contribution in [2.75, 3.05) is 12.8 Å². The molecule has 2 atom stereocenters. The zero-order valence-corrected chi connectivity index (χ0v) is 13.5. The normalized spacial score (nSPS) is 28.0. The first-order chi connectivity index (χ1) is 10.0. The third kappa shape index (κ3) is 4.53. The number of rotatable bonds is 5. The first-order valence-electron chi connectivity index (χ1n) is 7.87. The van der Waals surface area contributed by atoms with Crippen LogP contribution in [0.1, 0.15) is 51.4 Å². The molecule has 2 aliphatic carbocycles. The minimum Gasteiger partial charge on any atom is -0.481 e. The largest absolute Gasteiger partial charge is 0.481 e. The van der Waals surface area contributed by atoms with Crippen LogP contribution in [-0.4, -0.2) is 40.7 Å². The topological polar surface area (TPSA) is 78.4 Å². The summed E-state index contributed by atoms with van der Waals surface area (Å²) in [7, 11) is 0. The van der Waals surface area contributed by atoms with Gasteiger partial charge in [0.05, 0.1) is 5.92 Å². The fourth-order valence-corrected chi connectivity index (χ4v) is 4.38. The van der Waals surface area contributed by atoms with Crippen LogP contribution in [-0.2, 0) is 4.79 Å². The highest BCUT2D eigenvalue weighted by Gasteiger charge is 2.33. The molecule has 0 aliphatic heterocycles. The maximum atomic E-state index is 12.0. The van der Waals surface area contributed by atoms with Crippen molar-refractivity contribution < 1.29 is 14.7 Å². The monoisotopic (exact) mass is 314 g/mol. The standard InChI is InChI=1S/C15H26N2O3S/c1-21-15(7-3-2-4-8-15)10-16-14(20)17-12-6-5-11(9-12)13(18)19/h11-12H,2-10H2,1H3,(H,18,19)(H2,16,17,20)/t11-,12+/m1/s1.